The van der Waals surface area contributed by atoms with Crippen LogP contribution < -0.4 is 5.32 Å². The lowest BCUT2D eigenvalue weighted by Crippen LogP contribution is -2.23. The van der Waals surface area contributed by atoms with Crippen LogP contribution in [0.1, 0.15) is 25.7 Å². The van der Waals surface area contributed by atoms with Crippen molar-refractivity contribution in [1.29, 1.82) is 0 Å². The fraction of sp³-hybridized carbons (Fsp3) is 0.667. The normalized spacial score (nSPS) is 15.1. The maximum absolute atomic E-state index is 11.0. The van der Waals surface area contributed by atoms with E-state index >= 15 is 0 Å². The van der Waals surface area contributed by atoms with Crippen LogP contribution in [0, 0.1) is 0 Å². The van der Waals surface area contributed by atoms with Gasteiger partial charge in [-0.05, 0) is 12.8 Å². The first-order chi connectivity index (χ1) is 7.15. The molecule has 0 radical (unpaired) electrons. The fourth-order valence-corrected chi connectivity index (χ4v) is 1.09. The van der Waals surface area contributed by atoms with E-state index < -0.39 is 0 Å². The summed E-state index contributed by atoms with van der Waals surface area (Å²) in [5.41, 5.74) is 0. The molecule has 1 aliphatic carbocycles. The Morgan fingerprint density at radius 3 is 2.93 bits per heavy atom. The van der Waals surface area contributed by atoms with Gasteiger partial charge >= 0.3 is 6.01 Å². The van der Waals surface area contributed by atoms with E-state index in [1.165, 1.54) is 11.8 Å². The molecule has 6 heteroatoms. The molecule has 0 atom stereocenters. The summed E-state index contributed by atoms with van der Waals surface area (Å²) in [6.07, 6.45) is 2.32. The first-order valence-electron chi connectivity index (χ1n) is 4.96. The van der Waals surface area contributed by atoms with Gasteiger partial charge in [0.2, 0.25) is 11.8 Å². The minimum atomic E-state index is -0.0232. The second-order valence-corrected chi connectivity index (χ2v) is 3.79. The highest BCUT2D eigenvalue weighted by molar-refractivity contribution is 5.72. The van der Waals surface area contributed by atoms with E-state index in [0.717, 1.165) is 12.8 Å². The molecule has 6 nitrogen and oxygen atoms in total. The second kappa shape index (κ2) is 3.88. The van der Waals surface area contributed by atoms with Gasteiger partial charge < -0.3 is 14.6 Å². The standard InChI is InChI=1S/C9H14N4O2/c1-6(14)13(2)5-8-11-12-9(15-8)10-7-3-4-7/h7H,3-5H2,1-2H3,(H,10,12). The number of rotatable bonds is 4. The number of anilines is 1. The van der Waals surface area contributed by atoms with E-state index in [2.05, 4.69) is 15.5 Å². The van der Waals surface area contributed by atoms with Crippen molar-refractivity contribution in [1.82, 2.24) is 15.1 Å². The summed E-state index contributed by atoms with van der Waals surface area (Å²) >= 11 is 0. The highest BCUT2D eigenvalue weighted by atomic mass is 16.4. The van der Waals surface area contributed by atoms with Crippen LogP contribution in [0.25, 0.3) is 0 Å². The molecule has 1 aromatic heterocycles. The summed E-state index contributed by atoms with van der Waals surface area (Å²) in [5, 5.41) is 10.8. The van der Waals surface area contributed by atoms with Gasteiger partial charge in [-0.3, -0.25) is 4.79 Å². The molecule has 0 aliphatic heterocycles. The van der Waals surface area contributed by atoms with Crippen molar-refractivity contribution in [3.63, 3.8) is 0 Å². The van der Waals surface area contributed by atoms with Gasteiger partial charge in [0.05, 0.1) is 6.54 Å². The molecule has 2 rings (SSSR count). The smallest absolute Gasteiger partial charge is 0.315 e. The van der Waals surface area contributed by atoms with E-state index in [1.807, 2.05) is 0 Å². The average molecular weight is 210 g/mol. The third-order valence-electron chi connectivity index (χ3n) is 2.28. The van der Waals surface area contributed by atoms with E-state index in [-0.39, 0.29) is 5.91 Å². The van der Waals surface area contributed by atoms with Crippen molar-refractivity contribution < 1.29 is 9.21 Å². The maximum Gasteiger partial charge on any atom is 0.315 e. The lowest BCUT2D eigenvalue weighted by molar-refractivity contribution is -0.128. The number of amides is 1. The molecular formula is C9H14N4O2. The molecule has 0 spiro atoms. The zero-order valence-electron chi connectivity index (χ0n) is 8.86. The molecule has 82 valence electrons. The van der Waals surface area contributed by atoms with Crippen LogP contribution in [0.2, 0.25) is 0 Å². The number of nitrogens with zero attached hydrogens (tertiary/aromatic N) is 3. The van der Waals surface area contributed by atoms with Gasteiger partial charge in [-0.15, -0.1) is 5.10 Å². The number of aromatic nitrogens is 2. The lowest BCUT2D eigenvalue weighted by atomic mass is 10.5. The Morgan fingerprint density at radius 2 is 2.33 bits per heavy atom. The van der Waals surface area contributed by atoms with Crippen molar-refractivity contribution in [2.24, 2.45) is 0 Å². The zero-order valence-corrected chi connectivity index (χ0v) is 8.86. The minimum Gasteiger partial charge on any atom is -0.406 e. The number of carbonyl (C=O) groups is 1. The molecule has 0 unspecified atom stereocenters. The third kappa shape index (κ3) is 2.68. The molecule has 1 fully saturated rings. The van der Waals surface area contributed by atoms with Crippen molar-refractivity contribution in [2.45, 2.75) is 32.4 Å². The summed E-state index contributed by atoms with van der Waals surface area (Å²) in [7, 11) is 1.69. The second-order valence-electron chi connectivity index (χ2n) is 3.79. The van der Waals surface area contributed by atoms with Crippen molar-refractivity contribution in [3.8, 4) is 0 Å². The Hall–Kier alpha value is -1.59. The Morgan fingerprint density at radius 1 is 1.60 bits per heavy atom. The average Bonchev–Trinajstić information content (AvgIpc) is 2.87. The highest BCUT2D eigenvalue weighted by Gasteiger charge is 2.23. The molecular weight excluding hydrogens is 196 g/mol. The van der Waals surface area contributed by atoms with E-state index in [1.54, 1.807) is 7.05 Å². The Kier molecular flexibility index (Phi) is 2.57. The molecule has 1 saturated carbocycles. The summed E-state index contributed by atoms with van der Waals surface area (Å²) < 4.78 is 5.33. The van der Waals surface area contributed by atoms with Crippen molar-refractivity contribution in [2.75, 3.05) is 12.4 Å². The largest absolute Gasteiger partial charge is 0.406 e. The molecule has 0 saturated heterocycles. The van der Waals surface area contributed by atoms with Gasteiger partial charge in [-0.1, -0.05) is 5.10 Å². The maximum atomic E-state index is 11.0. The summed E-state index contributed by atoms with van der Waals surface area (Å²) in [5.74, 6) is 0.431. The number of hydrogen-bond donors (Lipinski definition) is 1. The SMILES string of the molecule is CC(=O)N(C)Cc1nnc(NC2CC2)o1. The molecule has 1 aromatic rings. The van der Waals surface area contributed by atoms with Crippen LogP contribution >= 0.6 is 0 Å². The van der Waals surface area contributed by atoms with Gasteiger partial charge in [-0.2, -0.15) is 0 Å². The van der Waals surface area contributed by atoms with Gasteiger partial charge in [-0.25, -0.2) is 0 Å². The molecule has 0 aromatic carbocycles. The molecule has 0 bridgehead atoms. The van der Waals surface area contributed by atoms with Crippen LogP contribution in [0.5, 0.6) is 0 Å². The molecule has 1 N–H and O–H groups in total. The summed E-state index contributed by atoms with van der Waals surface area (Å²) in [4.78, 5) is 12.5. The lowest BCUT2D eigenvalue weighted by Gasteiger charge is -2.10. The first kappa shape index (κ1) is 9.95. The van der Waals surface area contributed by atoms with Gasteiger partial charge in [0.1, 0.15) is 0 Å². The predicted molar refractivity (Wildman–Crippen MR) is 53.1 cm³/mol. The summed E-state index contributed by atoms with van der Waals surface area (Å²) in [6.45, 7) is 1.86. The molecule has 1 amide bonds. The van der Waals surface area contributed by atoms with Crippen molar-refractivity contribution in [3.05, 3.63) is 5.89 Å². The Bertz CT molecular complexity index is 359. The zero-order chi connectivity index (χ0) is 10.8. The number of nitrogens with one attached hydrogen (secondary N) is 1. The van der Waals surface area contributed by atoms with Crippen LogP contribution in [-0.2, 0) is 11.3 Å². The first-order valence-corrected chi connectivity index (χ1v) is 4.96. The fourth-order valence-electron chi connectivity index (χ4n) is 1.09. The van der Waals surface area contributed by atoms with Crippen LogP contribution in [0.4, 0.5) is 6.01 Å². The van der Waals surface area contributed by atoms with E-state index in [9.17, 15) is 4.79 Å². The highest BCUT2D eigenvalue weighted by Crippen LogP contribution is 2.23. The topological polar surface area (TPSA) is 71.3 Å². The number of carbonyl (C=O) groups excluding carboxylic acids is 1. The Labute approximate surface area is 87.7 Å². The number of hydrogen-bond acceptors (Lipinski definition) is 5. The third-order valence-corrected chi connectivity index (χ3v) is 2.28. The Balaban J connectivity index is 1.90. The quantitative estimate of drug-likeness (QED) is 0.788. The van der Waals surface area contributed by atoms with Crippen LogP contribution in [-0.4, -0.2) is 34.1 Å². The van der Waals surface area contributed by atoms with Gasteiger partial charge in [0.15, 0.2) is 0 Å². The molecule has 15 heavy (non-hydrogen) atoms. The molecule has 1 heterocycles. The van der Waals surface area contributed by atoms with Gasteiger partial charge in [0, 0.05) is 20.0 Å². The van der Waals surface area contributed by atoms with Crippen LogP contribution in [0.3, 0.4) is 0 Å². The van der Waals surface area contributed by atoms with Crippen molar-refractivity contribution >= 4 is 11.9 Å². The summed E-state index contributed by atoms with van der Waals surface area (Å²) in [6, 6.07) is 0.938. The predicted octanol–water partition coefficient (Wildman–Crippen LogP) is 0.622. The molecule has 1 aliphatic rings. The monoisotopic (exact) mass is 210 g/mol. The minimum absolute atomic E-state index is 0.0232. The van der Waals surface area contributed by atoms with Crippen LogP contribution in [0.15, 0.2) is 4.42 Å². The van der Waals surface area contributed by atoms with E-state index in [4.69, 9.17) is 4.42 Å². The van der Waals surface area contributed by atoms with Gasteiger partial charge in [0.25, 0.3) is 0 Å². The van der Waals surface area contributed by atoms with E-state index in [0.29, 0.717) is 24.5 Å².